The average Bonchev–Trinajstić information content (AvgIpc) is 2.38. The van der Waals surface area contributed by atoms with Gasteiger partial charge >= 0.3 is 0 Å². The highest BCUT2D eigenvalue weighted by Crippen LogP contribution is 2.14. The molecule has 98 valence electrons. The van der Waals surface area contributed by atoms with Crippen molar-refractivity contribution in [1.29, 1.82) is 0 Å². The molecular weight excluding hydrogens is 240 g/mol. The van der Waals surface area contributed by atoms with Crippen molar-refractivity contribution in [3.05, 3.63) is 35.4 Å². The molecule has 0 radical (unpaired) electrons. The fourth-order valence-electron chi connectivity index (χ4n) is 2.06. The van der Waals surface area contributed by atoms with Crippen LogP contribution in [0.5, 0.6) is 0 Å². The molecule has 1 aromatic carbocycles. The highest BCUT2D eigenvalue weighted by molar-refractivity contribution is 5.94. The van der Waals surface area contributed by atoms with Crippen LogP contribution in [-0.4, -0.2) is 43.0 Å². The van der Waals surface area contributed by atoms with Crippen LogP contribution in [0.1, 0.15) is 10.4 Å². The Balaban J connectivity index is 2.24. The number of hydrogen-bond acceptors (Lipinski definition) is 3. The third kappa shape index (κ3) is 2.49. The molecule has 1 amide bonds. The molecule has 3 N–H and O–H groups in total. The van der Waals surface area contributed by atoms with Gasteiger partial charge in [0, 0.05) is 32.2 Å². The van der Waals surface area contributed by atoms with Gasteiger partial charge in [0.2, 0.25) is 0 Å². The minimum absolute atomic E-state index is 0.114. The second kappa shape index (κ2) is 5.41. The topological polar surface area (TPSA) is 58.4 Å². The van der Waals surface area contributed by atoms with E-state index in [1.54, 1.807) is 0 Å². The van der Waals surface area contributed by atoms with Crippen molar-refractivity contribution in [2.75, 3.05) is 26.2 Å². The molecule has 18 heavy (non-hydrogen) atoms. The number of piperazine rings is 1. The molecule has 6 heteroatoms. The summed E-state index contributed by atoms with van der Waals surface area (Å²) in [5.74, 6) is -1.97. The summed E-state index contributed by atoms with van der Waals surface area (Å²) in [7, 11) is 0. The molecule has 1 aromatic rings. The first-order chi connectivity index (χ1) is 8.63. The van der Waals surface area contributed by atoms with Crippen LogP contribution in [0.3, 0.4) is 0 Å². The van der Waals surface area contributed by atoms with Crippen LogP contribution in [0.25, 0.3) is 0 Å². The zero-order chi connectivity index (χ0) is 13.1. The molecule has 0 saturated carbocycles. The van der Waals surface area contributed by atoms with Crippen LogP contribution >= 0.6 is 0 Å². The average molecular weight is 255 g/mol. The number of carbonyl (C=O) groups excluding carboxylic acids is 1. The van der Waals surface area contributed by atoms with E-state index in [1.165, 1.54) is 11.0 Å². The smallest absolute Gasteiger partial charge is 0.257 e. The first-order valence-electron chi connectivity index (χ1n) is 5.80. The monoisotopic (exact) mass is 255 g/mol. The predicted octanol–water partition coefficient (Wildman–Crippen LogP) is 0.338. The van der Waals surface area contributed by atoms with Gasteiger partial charge in [-0.1, -0.05) is 0 Å². The minimum Gasteiger partial charge on any atom is -0.332 e. The summed E-state index contributed by atoms with van der Waals surface area (Å²) < 4.78 is 26.4. The van der Waals surface area contributed by atoms with Crippen LogP contribution in [0.2, 0.25) is 0 Å². The fraction of sp³-hybridized carbons (Fsp3) is 0.417. The Morgan fingerprint density at radius 3 is 2.94 bits per heavy atom. The van der Waals surface area contributed by atoms with Crippen molar-refractivity contribution >= 4 is 5.91 Å². The molecule has 4 nitrogen and oxygen atoms in total. The van der Waals surface area contributed by atoms with Gasteiger partial charge in [0.15, 0.2) is 0 Å². The Morgan fingerprint density at radius 1 is 1.50 bits per heavy atom. The third-order valence-electron chi connectivity index (χ3n) is 3.04. The number of hydrogen-bond donors (Lipinski definition) is 2. The van der Waals surface area contributed by atoms with Crippen LogP contribution in [0.4, 0.5) is 8.78 Å². The second-order valence-electron chi connectivity index (χ2n) is 4.22. The Bertz CT molecular complexity index is 453. The van der Waals surface area contributed by atoms with E-state index >= 15 is 0 Å². The number of nitrogens with two attached hydrogens (primary N) is 1. The van der Waals surface area contributed by atoms with E-state index in [-0.39, 0.29) is 11.6 Å². The number of rotatable bonds is 2. The van der Waals surface area contributed by atoms with Gasteiger partial charge in [0.25, 0.3) is 5.91 Å². The Morgan fingerprint density at radius 2 is 2.28 bits per heavy atom. The van der Waals surface area contributed by atoms with Gasteiger partial charge in [-0.3, -0.25) is 4.79 Å². The van der Waals surface area contributed by atoms with Crippen molar-refractivity contribution < 1.29 is 13.6 Å². The number of nitrogens with one attached hydrogen (secondary N) is 1. The highest BCUT2D eigenvalue weighted by Gasteiger charge is 2.27. The summed E-state index contributed by atoms with van der Waals surface area (Å²) in [6.45, 7) is 2.01. The number of nitrogens with zero attached hydrogens (tertiary/aromatic N) is 1. The molecule has 1 aliphatic heterocycles. The lowest BCUT2D eigenvalue weighted by atomic mass is 10.1. The highest BCUT2D eigenvalue weighted by atomic mass is 19.1. The number of amides is 1. The lowest BCUT2D eigenvalue weighted by Gasteiger charge is -2.35. The first kappa shape index (κ1) is 12.9. The van der Waals surface area contributed by atoms with Crippen LogP contribution in [0, 0.1) is 11.6 Å². The standard InChI is InChI=1S/C12H15F2N3O/c13-8-1-2-10(11(14)5-8)12(18)17-4-3-16-7-9(17)6-15/h1-2,5,9,16H,3-4,6-7,15H2. The van der Waals surface area contributed by atoms with Crippen LogP contribution in [-0.2, 0) is 0 Å². The normalized spacial score (nSPS) is 19.9. The van der Waals surface area contributed by atoms with Gasteiger partial charge in [-0.15, -0.1) is 0 Å². The van der Waals surface area contributed by atoms with Gasteiger partial charge in [-0.05, 0) is 12.1 Å². The second-order valence-corrected chi connectivity index (χ2v) is 4.22. The maximum absolute atomic E-state index is 13.6. The van der Waals surface area contributed by atoms with Gasteiger partial charge < -0.3 is 16.0 Å². The summed E-state index contributed by atoms with van der Waals surface area (Å²) >= 11 is 0. The lowest BCUT2D eigenvalue weighted by Crippen LogP contribution is -2.56. The maximum Gasteiger partial charge on any atom is 0.257 e. The molecule has 1 atom stereocenters. The maximum atomic E-state index is 13.6. The quantitative estimate of drug-likeness (QED) is 0.801. The molecule has 1 aliphatic rings. The molecule has 0 aromatic heterocycles. The van der Waals surface area contributed by atoms with Crippen molar-refractivity contribution in [2.24, 2.45) is 5.73 Å². The predicted molar refractivity (Wildman–Crippen MR) is 63.1 cm³/mol. The Labute approximate surface area is 104 Å². The molecule has 1 fully saturated rings. The molecule has 0 aliphatic carbocycles. The molecule has 1 saturated heterocycles. The van der Waals surface area contributed by atoms with E-state index in [0.717, 1.165) is 6.07 Å². The largest absolute Gasteiger partial charge is 0.332 e. The Kier molecular flexibility index (Phi) is 3.88. The van der Waals surface area contributed by atoms with Crippen molar-refractivity contribution in [1.82, 2.24) is 10.2 Å². The Hall–Kier alpha value is -1.53. The first-order valence-corrected chi connectivity index (χ1v) is 5.80. The van der Waals surface area contributed by atoms with Gasteiger partial charge in [0.1, 0.15) is 11.6 Å². The molecule has 1 heterocycles. The third-order valence-corrected chi connectivity index (χ3v) is 3.04. The van der Waals surface area contributed by atoms with E-state index in [4.69, 9.17) is 5.73 Å². The van der Waals surface area contributed by atoms with E-state index in [2.05, 4.69) is 5.32 Å². The van der Waals surface area contributed by atoms with Crippen molar-refractivity contribution in [2.45, 2.75) is 6.04 Å². The number of carbonyl (C=O) groups is 1. The van der Waals surface area contributed by atoms with Gasteiger partial charge in [0.05, 0.1) is 11.6 Å². The van der Waals surface area contributed by atoms with Gasteiger partial charge in [-0.2, -0.15) is 0 Å². The van der Waals surface area contributed by atoms with E-state index in [0.29, 0.717) is 32.2 Å². The summed E-state index contributed by atoms with van der Waals surface area (Å²) in [4.78, 5) is 13.7. The van der Waals surface area contributed by atoms with E-state index in [1.807, 2.05) is 0 Å². The summed E-state index contributed by atoms with van der Waals surface area (Å²) in [5, 5.41) is 3.12. The molecule has 0 bridgehead atoms. The van der Waals surface area contributed by atoms with E-state index < -0.39 is 17.5 Å². The minimum atomic E-state index is -0.839. The fourth-order valence-corrected chi connectivity index (χ4v) is 2.06. The van der Waals surface area contributed by atoms with Gasteiger partial charge in [-0.25, -0.2) is 8.78 Å². The summed E-state index contributed by atoms with van der Waals surface area (Å²) in [6, 6.07) is 2.81. The van der Waals surface area contributed by atoms with Crippen LogP contribution in [0.15, 0.2) is 18.2 Å². The van der Waals surface area contributed by atoms with E-state index in [9.17, 15) is 13.6 Å². The molecule has 1 unspecified atom stereocenters. The molecule has 2 rings (SSSR count). The molecular formula is C12H15F2N3O. The number of halogens is 2. The molecule has 0 spiro atoms. The zero-order valence-corrected chi connectivity index (χ0v) is 9.83. The SMILES string of the molecule is NCC1CNCCN1C(=O)c1ccc(F)cc1F. The summed E-state index contributed by atoms with van der Waals surface area (Å²) in [5.41, 5.74) is 5.47. The lowest BCUT2D eigenvalue weighted by molar-refractivity contribution is 0.0640. The summed E-state index contributed by atoms with van der Waals surface area (Å²) in [6.07, 6.45) is 0. The van der Waals surface area contributed by atoms with Crippen LogP contribution < -0.4 is 11.1 Å². The zero-order valence-electron chi connectivity index (χ0n) is 9.83. The van der Waals surface area contributed by atoms with Crippen molar-refractivity contribution in [3.8, 4) is 0 Å². The number of benzene rings is 1. The van der Waals surface area contributed by atoms with Crippen molar-refractivity contribution in [3.63, 3.8) is 0 Å².